The van der Waals surface area contributed by atoms with E-state index in [1.165, 1.54) is 9.79 Å². The van der Waals surface area contributed by atoms with Gasteiger partial charge in [-0.2, -0.15) is 10.0 Å². The molecule has 32 heavy (non-hydrogen) atoms. The van der Waals surface area contributed by atoms with Crippen molar-refractivity contribution in [3.05, 3.63) is 83.3 Å². The molecule has 3 aliphatic rings. The average molecular weight is 467 g/mol. The van der Waals surface area contributed by atoms with E-state index in [9.17, 15) is 4.79 Å². The first kappa shape index (κ1) is 21.2. The highest BCUT2D eigenvalue weighted by Crippen LogP contribution is 2.80. The summed E-state index contributed by atoms with van der Waals surface area (Å²) in [5.74, 6) is 1.45. The highest BCUT2D eigenvalue weighted by molar-refractivity contribution is 8.36. The molecule has 0 aromatic heterocycles. The van der Waals surface area contributed by atoms with Gasteiger partial charge in [0.1, 0.15) is 10.5 Å². The van der Waals surface area contributed by atoms with E-state index in [1.54, 1.807) is 6.26 Å². The fraction of sp³-hybridized carbons (Fsp3) is 0.269. The zero-order chi connectivity index (χ0) is 22.7. The maximum Gasteiger partial charge on any atom is 0.172 e. The number of ether oxygens (including phenoxy) is 1. The van der Waals surface area contributed by atoms with E-state index in [1.807, 2.05) is 40.3 Å². The smallest absolute Gasteiger partial charge is 0.172 e. The fourth-order valence-electron chi connectivity index (χ4n) is 5.08. The number of rotatable bonds is 4. The van der Waals surface area contributed by atoms with Gasteiger partial charge < -0.3 is 14.5 Å². The first-order valence-corrected chi connectivity index (χ1v) is 12.8. The molecule has 1 saturated heterocycles. The maximum atomic E-state index is 13.5. The SMILES string of the molecule is CN(C)c1ccc(S2(c3ccc(N(C)C)cc3)CC(=O)C3=COC4=CC(Cl)=CCC432)cc1. The minimum Gasteiger partial charge on any atom is -0.467 e. The van der Waals surface area contributed by atoms with Crippen molar-refractivity contribution in [2.45, 2.75) is 21.0 Å². The Labute approximate surface area is 196 Å². The van der Waals surface area contributed by atoms with Gasteiger partial charge in [0.2, 0.25) is 0 Å². The van der Waals surface area contributed by atoms with Crippen LogP contribution in [-0.2, 0) is 9.53 Å². The summed E-state index contributed by atoms with van der Waals surface area (Å²) >= 11 is 6.40. The molecule has 1 fully saturated rings. The van der Waals surface area contributed by atoms with Crippen LogP contribution >= 0.6 is 21.6 Å². The standard InChI is InChI=1S/C26H27ClN2O2S/c1-28(2)19-5-9-21(10-6-19)32(22-11-7-20(8-12-22)29(3)4)17-24(30)23-16-31-25-15-18(27)13-14-26(23,25)32/h5-13,15-16H,14,17H2,1-4H3. The second-order valence-corrected chi connectivity index (χ2v) is 12.7. The van der Waals surface area contributed by atoms with E-state index in [-0.39, 0.29) is 5.78 Å². The molecule has 2 aromatic carbocycles. The molecule has 2 heterocycles. The van der Waals surface area contributed by atoms with Gasteiger partial charge >= 0.3 is 0 Å². The summed E-state index contributed by atoms with van der Waals surface area (Å²) in [6.45, 7) is 0. The van der Waals surface area contributed by atoms with E-state index < -0.39 is 14.8 Å². The Morgan fingerprint density at radius 3 is 1.94 bits per heavy atom. The van der Waals surface area contributed by atoms with Gasteiger partial charge in [0, 0.05) is 50.4 Å². The molecular formula is C26H27ClN2O2S. The molecule has 0 amide bonds. The van der Waals surface area contributed by atoms with Crippen molar-refractivity contribution in [1.29, 1.82) is 0 Å². The molecule has 2 aliphatic heterocycles. The quantitative estimate of drug-likeness (QED) is 0.579. The Morgan fingerprint density at radius 2 is 1.44 bits per heavy atom. The number of nitrogens with zero attached hydrogens (tertiary/aromatic N) is 2. The Bertz CT molecular complexity index is 1130. The van der Waals surface area contributed by atoms with E-state index in [0.717, 1.165) is 22.7 Å². The number of anilines is 2. The summed E-state index contributed by atoms with van der Waals surface area (Å²) in [5.41, 5.74) is 3.05. The number of benzene rings is 2. The van der Waals surface area contributed by atoms with Crippen LogP contribution in [0.5, 0.6) is 0 Å². The Kier molecular flexibility index (Phi) is 4.95. The number of allylic oxidation sites excluding steroid dienone is 3. The first-order valence-electron chi connectivity index (χ1n) is 10.6. The van der Waals surface area contributed by atoms with Crippen LogP contribution < -0.4 is 9.80 Å². The van der Waals surface area contributed by atoms with Gasteiger partial charge in [0.05, 0.1) is 11.8 Å². The second kappa shape index (κ2) is 7.46. The van der Waals surface area contributed by atoms with Crippen molar-refractivity contribution < 1.29 is 9.53 Å². The van der Waals surface area contributed by atoms with Gasteiger partial charge in [-0.15, -0.1) is 0 Å². The number of ketones is 1. The van der Waals surface area contributed by atoms with Crippen LogP contribution in [0.2, 0.25) is 0 Å². The summed E-state index contributed by atoms with van der Waals surface area (Å²) in [4.78, 5) is 20.0. The minimum atomic E-state index is -1.83. The lowest BCUT2D eigenvalue weighted by atomic mass is 9.90. The van der Waals surface area contributed by atoms with Crippen molar-refractivity contribution >= 4 is 38.8 Å². The molecular weight excluding hydrogens is 440 g/mol. The summed E-state index contributed by atoms with van der Waals surface area (Å²) in [6, 6.07) is 17.4. The normalized spacial score (nSPS) is 23.9. The first-order chi connectivity index (χ1) is 15.3. The average Bonchev–Trinajstić information content (AvgIpc) is 3.28. The van der Waals surface area contributed by atoms with Crippen molar-refractivity contribution in [3.8, 4) is 0 Å². The lowest BCUT2D eigenvalue weighted by Crippen LogP contribution is -2.35. The molecule has 1 unspecified atom stereocenters. The monoisotopic (exact) mass is 466 g/mol. The summed E-state index contributed by atoms with van der Waals surface area (Å²) in [6.07, 6.45) is 6.28. The number of carbonyl (C=O) groups is 1. The van der Waals surface area contributed by atoms with Crippen LogP contribution in [0.1, 0.15) is 6.42 Å². The van der Waals surface area contributed by atoms with Gasteiger partial charge in [-0.3, -0.25) is 4.79 Å². The Balaban J connectivity index is 1.78. The zero-order valence-electron chi connectivity index (χ0n) is 18.8. The lowest BCUT2D eigenvalue weighted by molar-refractivity contribution is -0.113. The third kappa shape index (κ3) is 2.81. The van der Waals surface area contributed by atoms with Crippen LogP contribution in [0.3, 0.4) is 0 Å². The maximum absolute atomic E-state index is 13.5. The topological polar surface area (TPSA) is 32.8 Å². The molecule has 166 valence electrons. The lowest BCUT2D eigenvalue weighted by Gasteiger charge is -2.50. The van der Waals surface area contributed by atoms with E-state index in [0.29, 0.717) is 17.2 Å². The van der Waals surface area contributed by atoms with E-state index in [2.05, 4.69) is 58.3 Å². The molecule has 1 atom stereocenters. The van der Waals surface area contributed by atoms with Gasteiger partial charge in [-0.05, 0) is 70.8 Å². The second-order valence-electron chi connectivity index (χ2n) is 8.86. The van der Waals surface area contributed by atoms with Gasteiger partial charge in [0.15, 0.2) is 5.78 Å². The Hall–Kier alpha value is -2.63. The van der Waals surface area contributed by atoms with Crippen LogP contribution in [-0.4, -0.2) is 44.5 Å². The summed E-state index contributed by atoms with van der Waals surface area (Å²) < 4.78 is 5.52. The third-order valence-corrected chi connectivity index (χ3v) is 11.6. The molecule has 4 nitrogen and oxygen atoms in total. The summed E-state index contributed by atoms with van der Waals surface area (Å²) in [5, 5.41) is 0.666. The minimum absolute atomic E-state index is 0.170. The predicted octanol–water partition coefficient (Wildman–Crippen LogP) is 5.69. The Morgan fingerprint density at radius 1 is 0.906 bits per heavy atom. The van der Waals surface area contributed by atoms with Gasteiger partial charge in [-0.1, -0.05) is 17.7 Å². The van der Waals surface area contributed by atoms with Crippen molar-refractivity contribution in [3.63, 3.8) is 0 Å². The van der Waals surface area contributed by atoms with E-state index in [4.69, 9.17) is 16.3 Å². The van der Waals surface area contributed by atoms with E-state index >= 15 is 0 Å². The van der Waals surface area contributed by atoms with Crippen LogP contribution in [0.25, 0.3) is 0 Å². The zero-order valence-corrected chi connectivity index (χ0v) is 20.3. The number of carbonyl (C=O) groups excluding carboxylic acids is 1. The number of halogens is 1. The fourth-order valence-corrected chi connectivity index (χ4v) is 10.0. The molecule has 1 aliphatic carbocycles. The van der Waals surface area contributed by atoms with Gasteiger partial charge in [-0.25, -0.2) is 0 Å². The highest BCUT2D eigenvalue weighted by Gasteiger charge is 2.65. The van der Waals surface area contributed by atoms with Crippen LogP contribution in [0.4, 0.5) is 11.4 Å². The summed E-state index contributed by atoms with van der Waals surface area (Å²) in [7, 11) is 6.32. The molecule has 1 spiro atoms. The van der Waals surface area contributed by atoms with Crippen molar-refractivity contribution in [2.24, 2.45) is 0 Å². The molecule has 0 N–H and O–H groups in total. The van der Waals surface area contributed by atoms with Crippen molar-refractivity contribution in [1.82, 2.24) is 0 Å². The van der Waals surface area contributed by atoms with Crippen LogP contribution in [0.15, 0.2) is 93.1 Å². The number of Topliss-reactive ketones (excluding diaryl/α,β-unsaturated/α-hetero) is 1. The molecule has 0 radical (unpaired) electrons. The van der Waals surface area contributed by atoms with Gasteiger partial charge in [0.25, 0.3) is 0 Å². The largest absolute Gasteiger partial charge is 0.467 e. The molecule has 5 rings (SSSR count). The number of hydrogen-bond acceptors (Lipinski definition) is 4. The molecule has 2 aromatic rings. The van der Waals surface area contributed by atoms with Crippen molar-refractivity contribution in [2.75, 3.05) is 43.7 Å². The third-order valence-electron chi connectivity index (χ3n) is 6.74. The highest BCUT2D eigenvalue weighted by atomic mass is 35.5. The predicted molar refractivity (Wildman–Crippen MR) is 134 cm³/mol. The molecule has 0 bridgehead atoms. The molecule has 6 heteroatoms. The molecule has 0 saturated carbocycles. The number of hydrogen-bond donors (Lipinski definition) is 0. The van der Waals surface area contributed by atoms with Crippen LogP contribution in [0, 0.1) is 0 Å².